The molecule has 0 aliphatic carbocycles. The zero-order chi connectivity index (χ0) is 13.9. The van der Waals surface area contributed by atoms with Crippen molar-refractivity contribution < 1.29 is 4.79 Å². The lowest BCUT2D eigenvalue weighted by atomic mass is 10.4. The molecule has 1 saturated heterocycles. The predicted molar refractivity (Wildman–Crippen MR) is 71.8 cm³/mol. The number of hydrogen-bond donors (Lipinski definition) is 1. The van der Waals surface area contributed by atoms with Crippen LogP contribution >= 0.6 is 11.6 Å². The van der Waals surface area contributed by atoms with Crippen molar-refractivity contribution in [2.75, 3.05) is 24.5 Å². The second kappa shape index (κ2) is 5.41. The van der Waals surface area contributed by atoms with Gasteiger partial charge < -0.3 is 10.2 Å². The lowest BCUT2D eigenvalue weighted by Crippen LogP contribution is -2.30. The molecule has 104 valence electrons. The summed E-state index contributed by atoms with van der Waals surface area (Å²) < 4.78 is 1.51. The van der Waals surface area contributed by atoms with Gasteiger partial charge in [-0.2, -0.15) is 20.1 Å². The zero-order valence-electron chi connectivity index (χ0n) is 10.5. The van der Waals surface area contributed by atoms with Crippen LogP contribution in [0.3, 0.4) is 0 Å². The smallest absolute Gasteiger partial charge is 0.256 e. The maximum atomic E-state index is 11.3. The van der Waals surface area contributed by atoms with Gasteiger partial charge in [0.25, 0.3) is 5.95 Å². The van der Waals surface area contributed by atoms with E-state index in [1.165, 1.54) is 4.68 Å². The van der Waals surface area contributed by atoms with Gasteiger partial charge in [0, 0.05) is 38.4 Å². The molecule has 1 N–H and O–H groups in total. The summed E-state index contributed by atoms with van der Waals surface area (Å²) in [5.41, 5.74) is 0. The Kier molecular flexibility index (Phi) is 3.46. The maximum Gasteiger partial charge on any atom is 0.256 e. The minimum atomic E-state index is 0.0277. The predicted octanol–water partition coefficient (Wildman–Crippen LogP) is 0.0370. The fraction of sp³-hybridized carbons (Fsp3) is 0.364. The van der Waals surface area contributed by atoms with Crippen molar-refractivity contribution in [2.24, 2.45) is 0 Å². The Balaban J connectivity index is 1.91. The van der Waals surface area contributed by atoms with Gasteiger partial charge in [-0.3, -0.25) is 4.79 Å². The summed E-state index contributed by atoms with van der Waals surface area (Å²) in [6, 6.07) is 1.77. The molecule has 0 aromatic carbocycles. The van der Waals surface area contributed by atoms with Gasteiger partial charge in [0.2, 0.25) is 17.1 Å². The van der Waals surface area contributed by atoms with E-state index < -0.39 is 0 Å². The van der Waals surface area contributed by atoms with Gasteiger partial charge in [0.05, 0.1) is 0 Å². The van der Waals surface area contributed by atoms with E-state index in [2.05, 4.69) is 25.4 Å². The second-order valence-electron chi connectivity index (χ2n) is 4.24. The Labute approximate surface area is 119 Å². The van der Waals surface area contributed by atoms with Gasteiger partial charge >= 0.3 is 0 Å². The van der Waals surface area contributed by atoms with Crippen molar-refractivity contribution in [1.29, 1.82) is 0 Å². The summed E-state index contributed by atoms with van der Waals surface area (Å²) in [6.07, 6.45) is 3.76. The van der Waals surface area contributed by atoms with Crippen molar-refractivity contribution in [3.8, 4) is 5.95 Å². The number of carbonyl (C=O) groups excluding carboxylic acids is 1. The number of carbonyl (C=O) groups is 1. The third-order valence-corrected chi connectivity index (χ3v) is 3.06. The average molecular weight is 294 g/mol. The highest BCUT2D eigenvalue weighted by atomic mass is 35.5. The first kappa shape index (κ1) is 12.8. The van der Waals surface area contributed by atoms with Gasteiger partial charge in [0.1, 0.15) is 0 Å². The summed E-state index contributed by atoms with van der Waals surface area (Å²) in [4.78, 5) is 25.8. The van der Waals surface area contributed by atoms with Crippen LogP contribution in [0.25, 0.3) is 5.95 Å². The lowest BCUT2D eigenvalue weighted by molar-refractivity contribution is -0.120. The van der Waals surface area contributed by atoms with Crippen LogP contribution in [-0.2, 0) is 4.79 Å². The molecule has 3 heterocycles. The van der Waals surface area contributed by atoms with Crippen LogP contribution in [0, 0.1) is 0 Å². The Hall–Kier alpha value is -2.22. The minimum absolute atomic E-state index is 0.0277. The van der Waals surface area contributed by atoms with Crippen molar-refractivity contribution in [3.63, 3.8) is 0 Å². The number of nitrogens with one attached hydrogen (secondary N) is 1. The molecule has 1 aliphatic heterocycles. The summed E-state index contributed by atoms with van der Waals surface area (Å²) in [5.74, 6) is 0.834. The molecule has 2 aromatic heterocycles. The summed E-state index contributed by atoms with van der Waals surface area (Å²) in [5, 5.41) is 6.96. The number of rotatable bonds is 2. The SMILES string of the molecule is O=C1CCN(c2nc(Cl)nc(-n3cccn3)n2)CCN1. The van der Waals surface area contributed by atoms with Crippen LogP contribution in [0.1, 0.15) is 6.42 Å². The first-order chi connectivity index (χ1) is 9.72. The fourth-order valence-corrected chi connectivity index (χ4v) is 2.08. The quantitative estimate of drug-likeness (QED) is 0.841. The largest absolute Gasteiger partial charge is 0.354 e. The first-order valence-corrected chi connectivity index (χ1v) is 6.53. The van der Waals surface area contributed by atoms with Gasteiger partial charge in [-0.15, -0.1) is 0 Å². The minimum Gasteiger partial charge on any atom is -0.354 e. The van der Waals surface area contributed by atoms with Gasteiger partial charge in [-0.25, -0.2) is 4.68 Å². The van der Waals surface area contributed by atoms with E-state index in [-0.39, 0.29) is 11.2 Å². The highest BCUT2D eigenvalue weighted by molar-refractivity contribution is 6.28. The molecule has 9 heteroatoms. The number of halogens is 1. The van der Waals surface area contributed by atoms with Gasteiger partial charge in [-0.1, -0.05) is 0 Å². The normalized spacial score (nSPS) is 15.8. The Bertz CT molecular complexity index is 615. The highest BCUT2D eigenvalue weighted by Gasteiger charge is 2.18. The van der Waals surface area contributed by atoms with Gasteiger partial charge in [0.15, 0.2) is 0 Å². The van der Waals surface area contributed by atoms with Crippen molar-refractivity contribution in [2.45, 2.75) is 6.42 Å². The summed E-state index contributed by atoms with van der Waals surface area (Å²) >= 11 is 5.94. The van der Waals surface area contributed by atoms with E-state index in [9.17, 15) is 4.79 Å². The molecule has 20 heavy (non-hydrogen) atoms. The Morgan fingerprint density at radius 1 is 1.20 bits per heavy atom. The van der Waals surface area contributed by atoms with Crippen molar-refractivity contribution >= 4 is 23.5 Å². The molecule has 0 atom stereocenters. The second-order valence-corrected chi connectivity index (χ2v) is 4.58. The molecule has 1 aliphatic rings. The van der Waals surface area contributed by atoms with Crippen molar-refractivity contribution in [3.05, 3.63) is 23.7 Å². The lowest BCUT2D eigenvalue weighted by Gasteiger charge is -2.19. The van der Waals surface area contributed by atoms with Crippen LogP contribution in [-0.4, -0.2) is 50.3 Å². The number of anilines is 1. The third kappa shape index (κ3) is 2.69. The average Bonchev–Trinajstić information content (AvgIpc) is 2.88. The number of amides is 1. The molecule has 0 radical (unpaired) electrons. The Morgan fingerprint density at radius 2 is 2.05 bits per heavy atom. The van der Waals surface area contributed by atoms with Crippen LogP contribution in [0.5, 0.6) is 0 Å². The van der Waals surface area contributed by atoms with E-state index in [4.69, 9.17) is 11.6 Å². The van der Waals surface area contributed by atoms with Gasteiger partial charge in [-0.05, 0) is 17.7 Å². The van der Waals surface area contributed by atoms with Crippen LogP contribution in [0.2, 0.25) is 5.28 Å². The van der Waals surface area contributed by atoms with Crippen LogP contribution in [0.15, 0.2) is 18.5 Å². The fourth-order valence-electron chi connectivity index (χ4n) is 1.93. The monoisotopic (exact) mass is 293 g/mol. The first-order valence-electron chi connectivity index (χ1n) is 6.15. The molecular formula is C11H12ClN7O. The topological polar surface area (TPSA) is 88.8 Å². The molecule has 0 saturated carbocycles. The third-order valence-electron chi connectivity index (χ3n) is 2.89. The van der Waals surface area contributed by atoms with Crippen molar-refractivity contribution in [1.82, 2.24) is 30.0 Å². The number of hydrogen-bond acceptors (Lipinski definition) is 6. The zero-order valence-corrected chi connectivity index (χ0v) is 11.3. The molecule has 2 aromatic rings. The van der Waals surface area contributed by atoms with E-state index in [1.54, 1.807) is 18.5 Å². The maximum absolute atomic E-state index is 11.3. The highest BCUT2D eigenvalue weighted by Crippen LogP contribution is 2.14. The molecule has 1 amide bonds. The van der Waals surface area contributed by atoms with Crippen LogP contribution < -0.4 is 10.2 Å². The Morgan fingerprint density at radius 3 is 2.85 bits per heavy atom. The van der Waals surface area contributed by atoms with E-state index in [1.807, 2.05) is 4.90 Å². The molecule has 3 rings (SSSR count). The molecule has 0 bridgehead atoms. The molecule has 1 fully saturated rings. The molecular weight excluding hydrogens is 282 g/mol. The summed E-state index contributed by atoms with van der Waals surface area (Å²) in [6.45, 7) is 1.73. The van der Waals surface area contributed by atoms with E-state index >= 15 is 0 Å². The molecule has 0 unspecified atom stereocenters. The molecule has 0 spiro atoms. The van der Waals surface area contributed by atoms with Crippen LogP contribution in [0.4, 0.5) is 5.95 Å². The number of nitrogens with zero attached hydrogens (tertiary/aromatic N) is 6. The summed E-state index contributed by atoms with van der Waals surface area (Å²) in [7, 11) is 0. The number of aromatic nitrogens is 5. The van der Waals surface area contributed by atoms with E-state index in [0.717, 1.165) is 0 Å². The molecule has 8 nitrogen and oxygen atoms in total. The standard InChI is InChI=1S/C11H12ClN7O/c12-9-15-10(18-6-2-8(20)13-4-7-18)17-11(16-9)19-5-1-3-14-19/h1,3,5H,2,4,6-7H2,(H,13,20). The van der Waals surface area contributed by atoms with E-state index in [0.29, 0.717) is 38.0 Å².